The second-order valence-electron chi connectivity index (χ2n) is 4.79. The minimum absolute atomic E-state index is 0.150. The van der Waals surface area contributed by atoms with Crippen LogP contribution in [0.3, 0.4) is 0 Å². The van der Waals surface area contributed by atoms with Gasteiger partial charge in [0.25, 0.3) is 0 Å². The summed E-state index contributed by atoms with van der Waals surface area (Å²) in [5.74, 6) is 0. The summed E-state index contributed by atoms with van der Waals surface area (Å²) < 4.78 is 36.6. The molecular formula is C11H21F3N2O. The number of aliphatic hydroxyl groups is 1. The zero-order valence-electron chi connectivity index (χ0n) is 10.3. The molecule has 0 aromatic carbocycles. The first-order valence-electron chi connectivity index (χ1n) is 5.97. The van der Waals surface area contributed by atoms with Crippen LogP contribution in [0.2, 0.25) is 0 Å². The van der Waals surface area contributed by atoms with Crippen LogP contribution < -0.4 is 5.32 Å². The molecule has 0 bridgehead atoms. The number of aliphatic hydroxyl groups excluding tert-OH is 1. The monoisotopic (exact) mass is 254 g/mol. The zero-order valence-corrected chi connectivity index (χ0v) is 10.3. The van der Waals surface area contributed by atoms with E-state index in [0.717, 1.165) is 25.7 Å². The van der Waals surface area contributed by atoms with Gasteiger partial charge in [-0.3, -0.25) is 0 Å². The second-order valence-corrected chi connectivity index (χ2v) is 4.79. The Bertz CT molecular complexity index is 227. The van der Waals surface area contributed by atoms with Crippen molar-refractivity contribution in [2.75, 3.05) is 20.6 Å². The van der Waals surface area contributed by atoms with Gasteiger partial charge in [-0.05, 0) is 39.8 Å². The Morgan fingerprint density at radius 1 is 1.29 bits per heavy atom. The van der Waals surface area contributed by atoms with Crippen LogP contribution >= 0.6 is 0 Å². The summed E-state index contributed by atoms with van der Waals surface area (Å²) in [5, 5.41) is 12.2. The number of nitrogens with zero attached hydrogens (tertiary/aromatic N) is 1. The van der Waals surface area contributed by atoms with Gasteiger partial charge in [-0.25, -0.2) is 0 Å². The van der Waals surface area contributed by atoms with Crippen LogP contribution in [-0.2, 0) is 0 Å². The molecule has 2 N–H and O–H groups in total. The molecule has 1 rings (SSSR count). The predicted molar refractivity (Wildman–Crippen MR) is 59.8 cm³/mol. The molecule has 0 aromatic heterocycles. The molecule has 0 aromatic rings. The fourth-order valence-corrected chi connectivity index (χ4v) is 2.33. The maximum Gasteiger partial charge on any atom is 0.415 e. The third-order valence-corrected chi connectivity index (χ3v) is 3.57. The highest BCUT2D eigenvalue weighted by Gasteiger charge is 2.39. The van der Waals surface area contributed by atoms with E-state index >= 15 is 0 Å². The molecule has 102 valence electrons. The summed E-state index contributed by atoms with van der Waals surface area (Å²) in [6, 6.07) is 0.629. The maximum atomic E-state index is 12.2. The minimum Gasteiger partial charge on any atom is -0.382 e. The molecule has 1 atom stereocenters. The highest BCUT2D eigenvalue weighted by atomic mass is 19.4. The average molecular weight is 254 g/mol. The Kier molecular flexibility index (Phi) is 5.22. The Hall–Kier alpha value is -0.330. The molecular weight excluding hydrogens is 233 g/mol. The van der Waals surface area contributed by atoms with Crippen molar-refractivity contribution in [1.82, 2.24) is 10.2 Å². The first-order chi connectivity index (χ1) is 7.84. The standard InChI is InChI=1S/C11H21F3N2O/c1-15-8-3-5-9(6-4-8)16(2)7-10(17)11(12,13)14/h8-10,15,17H,3-7H2,1-2H3. The molecule has 3 nitrogen and oxygen atoms in total. The van der Waals surface area contributed by atoms with E-state index in [4.69, 9.17) is 5.11 Å². The molecule has 1 fully saturated rings. The minimum atomic E-state index is -4.52. The first-order valence-corrected chi connectivity index (χ1v) is 5.97. The number of hydrogen-bond acceptors (Lipinski definition) is 3. The summed E-state index contributed by atoms with van der Waals surface area (Å²) in [6.45, 7) is -0.335. The Labute approximate surface area is 100.0 Å². The van der Waals surface area contributed by atoms with Crippen LogP contribution in [0.1, 0.15) is 25.7 Å². The Balaban J connectivity index is 2.36. The lowest BCUT2D eigenvalue weighted by Gasteiger charge is -2.35. The van der Waals surface area contributed by atoms with Gasteiger partial charge in [0.2, 0.25) is 0 Å². The van der Waals surface area contributed by atoms with Crippen LogP contribution in [0, 0.1) is 0 Å². The van der Waals surface area contributed by atoms with E-state index in [2.05, 4.69) is 5.32 Å². The molecule has 0 radical (unpaired) electrons. The van der Waals surface area contributed by atoms with E-state index < -0.39 is 12.3 Å². The van der Waals surface area contributed by atoms with Crippen molar-refractivity contribution in [1.29, 1.82) is 0 Å². The molecule has 0 spiro atoms. The van der Waals surface area contributed by atoms with E-state index in [1.807, 2.05) is 7.05 Å². The summed E-state index contributed by atoms with van der Waals surface area (Å²) in [6.07, 6.45) is -3.04. The fourth-order valence-electron chi connectivity index (χ4n) is 2.33. The highest BCUT2D eigenvalue weighted by molar-refractivity contribution is 4.82. The molecule has 1 aliphatic carbocycles. The van der Waals surface area contributed by atoms with Crippen molar-refractivity contribution < 1.29 is 18.3 Å². The fraction of sp³-hybridized carbons (Fsp3) is 1.00. The predicted octanol–water partition coefficient (Wildman–Crippen LogP) is 1.37. The van der Waals surface area contributed by atoms with Gasteiger partial charge < -0.3 is 15.3 Å². The summed E-state index contributed by atoms with van der Waals surface area (Å²) in [7, 11) is 3.56. The number of rotatable bonds is 4. The number of nitrogens with one attached hydrogen (secondary N) is 1. The van der Waals surface area contributed by atoms with Crippen LogP contribution in [0.5, 0.6) is 0 Å². The number of alkyl halides is 3. The summed E-state index contributed by atoms with van der Waals surface area (Å²) in [4.78, 5) is 1.63. The van der Waals surface area contributed by atoms with Crippen LogP contribution in [0.15, 0.2) is 0 Å². The quantitative estimate of drug-likeness (QED) is 0.795. The molecule has 0 heterocycles. The number of likely N-dealkylation sites (N-methyl/N-ethyl adjacent to an activating group) is 1. The van der Waals surface area contributed by atoms with E-state index in [0.29, 0.717) is 6.04 Å². The third kappa shape index (κ3) is 4.44. The Morgan fingerprint density at radius 2 is 1.82 bits per heavy atom. The molecule has 6 heteroatoms. The van der Waals surface area contributed by atoms with Crippen molar-refractivity contribution >= 4 is 0 Å². The van der Waals surface area contributed by atoms with E-state index in [1.165, 1.54) is 0 Å². The SMILES string of the molecule is CNC1CCC(N(C)CC(O)C(F)(F)F)CC1. The van der Waals surface area contributed by atoms with Gasteiger partial charge in [0.05, 0.1) is 0 Å². The smallest absolute Gasteiger partial charge is 0.382 e. The van der Waals surface area contributed by atoms with Crippen molar-refractivity contribution in [3.63, 3.8) is 0 Å². The van der Waals surface area contributed by atoms with Gasteiger partial charge in [0, 0.05) is 18.6 Å². The molecule has 1 aliphatic rings. The lowest BCUT2D eigenvalue weighted by atomic mass is 9.90. The van der Waals surface area contributed by atoms with E-state index in [1.54, 1.807) is 11.9 Å². The van der Waals surface area contributed by atoms with Crippen LogP contribution in [-0.4, -0.2) is 55.0 Å². The van der Waals surface area contributed by atoms with Gasteiger partial charge in [0.15, 0.2) is 6.10 Å². The maximum absolute atomic E-state index is 12.2. The molecule has 0 aliphatic heterocycles. The second kappa shape index (κ2) is 6.02. The van der Waals surface area contributed by atoms with Crippen molar-refractivity contribution in [3.05, 3.63) is 0 Å². The topological polar surface area (TPSA) is 35.5 Å². The van der Waals surface area contributed by atoms with Crippen LogP contribution in [0.4, 0.5) is 13.2 Å². The molecule has 0 amide bonds. The summed E-state index contributed by atoms with van der Waals surface area (Å²) >= 11 is 0. The lowest BCUT2D eigenvalue weighted by Crippen LogP contribution is -2.46. The van der Waals surface area contributed by atoms with Gasteiger partial charge in [0.1, 0.15) is 0 Å². The van der Waals surface area contributed by atoms with Crippen molar-refractivity contribution in [2.45, 2.75) is 50.0 Å². The Morgan fingerprint density at radius 3 is 2.24 bits per heavy atom. The first kappa shape index (κ1) is 14.7. The number of hydrogen-bond donors (Lipinski definition) is 2. The molecule has 1 saturated carbocycles. The van der Waals surface area contributed by atoms with Crippen molar-refractivity contribution in [3.8, 4) is 0 Å². The molecule has 17 heavy (non-hydrogen) atoms. The van der Waals surface area contributed by atoms with Gasteiger partial charge in [-0.2, -0.15) is 13.2 Å². The molecule has 1 unspecified atom stereocenters. The lowest BCUT2D eigenvalue weighted by molar-refractivity contribution is -0.208. The van der Waals surface area contributed by atoms with E-state index in [9.17, 15) is 13.2 Å². The third-order valence-electron chi connectivity index (χ3n) is 3.57. The van der Waals surface area contributed by atoms with Gasteiger partial charge in [-0.15, -0.1) is 0 Å². The van der Waals surface area contributed by atoms with Gasteiger partial charge >= 0.3 is 6.18 Å². The largest absolute Gasteiger partial charge is 0.415 e. The van der Waals surface area contributed by atoms with Crippen molar-refractivity contribution in [2.24, 2.45) is 0 Å². The van der Waals surface area contributed by atoms with E-state index in [-0.39, 0.29) is 12.6 Å². The van der Waals surface area contributed by atoms with Crippen LogP contribution in [0.25, 0.3) is 0 Å². The average Bonchev–Trinajstić information content (AvgIpc) is 2.27. The normalized spacial score (nSPS) is 28.4. The van der Waals surface area contributed by atoms with Gasteiger partial charge in [-0.1, -0.05) is 0 Å². The highest BCUT2D eigenvalue weighted by Crippen LogP contribution is 2.25. The zero-order chi connectivity index (χ0) is 13.1. The molecule has 0 saturated heterocycles. The number of halogens is 3. The summed E-state index contributed by atoms with van der Waals surface area (Å²) in [5.41, 5.74) is 0.